The zero-order valence-electron chi connectivity index (χ0n) is 9.49. The first-order valence-corrected chi connectivity index (χ1v) is 6.11. The van der Waals surface area contributed by atoms with Gasteiger partial charge in [0.05, 0.1) is 11.6 Å². The highest BCUT2D eigenvalue weighted by atomic mass is 35.5. The van der Waals surface area contributed by atoms with Gasteiger partial charge in [-0.15, -0.1) is 0 Å². The lowest BCUT2D eigenvalue weighted by molar-refractivity contribution is 0.419. The van der Waals surface area contributed by atoms with Crippen LogP contribution in [0.15, 0.2) is 22.7 Å². The highest BCUT2D eigenvalue weighted by Gasteiger charge is 2.21. The predicted molar refractivity (Wildman–Crippen MR) is 64.6 cm³/mol. The van der Waals surface area contributed by atoms with E-state index in [4.69, 9.17) is 16.1 Å². The predicted octanol–water partition coefficient (Wildman–Crippen LogP) is 2.78. The fourth-order valence-corrected chi connectivity index (χ4v) is 1.71. The zero-order valence-corrected chi connectivity index (χ0v) is 10.2. The number of hydrogen-bond donors (Lipinski definition) is 1. The van der Waals surface area contributed by atoms with E-state index in [1.165, 1.54) is 25.0 Å². The van der Waals surface area contributed by atoms with Gasteiger partial charge in [0, 0.05) is 11.6 Å². The Morgan fingerprint density at radius 3 is 3.00 bits per heavy atom. The van der Waals surface area contributed by atoms with Crippen molar-refractivity contribution < 1.29 is 8.91 Å². The van der Waals surface area contributed by atoms with Crippen LogP contribution in [0, 0.1) is 5.82 Å². The summed E-state index contributed by atoms with van der Waals surface area (Å²) in [4.78, 5) is 4.20. The van der Waals surface area contributed by atoms with Crippen LogP contribution in [0.1, 0.15) is 18.7 Å². The van der Waals surface area contributed by atoms with Gasteiger partial charge in [0.1, 0.15) is 5.82 Å². The van der Waals surface area contributed by atoms with Gasteiger partial charge >= 0.3 is 0 Å². The van der Waals surface area contributed by atoms with Crippen molar-refractivity contribution in [2.24, 2.45) is 0 Å². The first-order chi connectivity index (χ1) is 8.72. The molecule has 0 spiro atoms. The normalized spacial score (nSPS) is 15.0. The van der Waals surface area contributed by atoms with E-state index in [1.54, 1.807) is 6.07 Å². The van der Waals surface area contributed by atoms with E-state index in [9.17, 15) is 4.39 Å². The maximum atomic E-state index is 13.3. The number of nitrogens with one attached hydrogen (secondary N) is 1. The van der Waals surface area contributed by atoms with Crippen molar-refractivity contribution in [3.05, 3.63) is 34.9 Å². The molecule has 1 heterocycles. The Morgan fingerprint density at radius 1 is 1.44 bits per heavy atom. The van der Waals surface area contributed by atoms with Crippen molar-refractivity contribution >= 4 is 11.6 Å². The number of halogens is 2. The molecule has 3 rings (SSSR count). The molecular formula is C12H11ClFN3O. The second kappa shape index (κ2) is 4.66. The van der Waals surface area contributed by atoms with Gasteiger partial charge < -0.3 is 9.84 Å². The molecule has 0 aliphatic heterocycles. The summed E-state index contributed by atoms with van der Waals surface area (Å²) in [6, 6.07) is 4.99. The van der Waals surface area contributed by atoms with E-state index in [0.29, 0.717) is 29.9 Å². The van der Waals surface area contributed by atoms with Gasteiger partial charge in [0.2, 0.25) is 0 Å². The Hall–Kier alpha value is -1.46. The maximum Gasteiger partial charge on any atom is 0.258 e. The minimum atomic E-state index is -0.495. The molecule has 1 saturated carbocycles. The average molecular weight is 268 g/mol. The van der Waals surface area contributed by atoms with Crippen LogP contribution in [0.3, 0.4) is 0 Å². The summed E-state index contributed by atoms with van der Waals surface area (Å²) in [5.41, 5.74) is 0.530. The lowest BCUT2D eigenvalue weighted by Gasteiger charge is -1.96. The zero-order chi connectivity index (χ0) is 12.5. The van der Waals surface area contributed by atoms with Crippen LogP contribution in [0.4, 0.5) is 4.39 Å². The highest BCUT2D eigenvalue weighted by Crippen LogP contribution is 2.23. The largest absolute Gasteiger partial charge is 0.334 e. The molecule has 0 bridgehead atoms. The smallest absolute Gasteiger partial charge is 0.258 e. The van der Waals surface area contributed by atoms with Crippen LogP contribution >= 0.6 is 11.6 Å². The molecule has 1 aromatic heterocycles. The number of nitrogens with zero attached hydrogens (tertiary/aromatic N) is 2. The Bertz CT molecular complexity index is 568. The summed E-state index contributed by atoms with van der Waals surface area (Å²) in [5, 5.41) is 7.20. The van der Waals surface area contributed by atoms with Crippen LogP contribution < -0.4 is 5.32 Å². The second-order valence-corrected chi connectivity index (χ2v) is 4.71. The molecule has 0 amide bonds. The molecule has 1 aliphatic rings. The third-order valence-corrected chi connectivity index (χ3v) is 3.07. The molecule has 18 heavy (non-hydrogen) atoms. The monoisotopic (exact) mass is 267 g/mol. The average Bonchev–Trinajstić information content (AvgIpc) is 3.08. The van der Waals surface area contributed by atoms with Gasteiger partial charge in [-0.25, -0.2) is 4.39 Å². The van der Waals surface area contributed by atoms with Crippen LogP contribution in [-0.2, 0) is 6.54 Å². The summed E-state index contributed by atoms with van der Waals surface area (Å²) in [7, 11) is 0. The van der Waals surface area contributed by atoms with Crippen molar-refractivity contribution in [1.29, 1.82) is 0 Å². The van der Waals surface area contributed by atoms with E-state index >= 15 is 0 Å². The molecule has 2 aromatic rings. The van der Waals surface area contributed by atoms with E-state index in [1.807, 2.05) is 0 Å². The topological polar surface area (TPSA) is 51.0 Å². The van der Waals surface area contributed by atoms with Crippen molar-refractivity contribution in [1.82, 2.24) is 15.5 Å². The number of benzene rings is 1. The third-order valence-electron chi connectivity index (χ3n) is 2.76. The number of aromatic nitrogens is 2. The molecule has 0 radical (unpaired) electrons. The highest BCUT2D eigenvalue weighted by molar-refractivity contribution is 6.30. The van der Waals surface area contributed by atoms with Gasteiger partial charge in [-0.3, -0.25) is 0 Å². The van der Waals surface area contributed by atoms with Gasteiger partial charge in [-0.05, 0) is 31.0 Å². The van der Waals surface area contributed by atoms with Crippen molar-refractivity contribution in [2.75, 3.05) is 0 Å². The lowest BCUT2D eigenvalue weighted by atomic mass is 10.2. The summed E-state index contributed by atoms with van der Waals surface area (Å²) in [6.07, 6.45) is 2.40. The van der Waals surface area contributed by atoms with E-state index in [2.05, 4.69) is 15.5 Å². The number of rotatable bonds is 4. The molecule has 1 aromatic carbocycles. The summed E-state index contributed by atoms with van der Waals surface area (Å²) < 4.78 is 18.4. The summed E-state index contributed by atoms with van der Waals surface area (Å²) in [5.74, 6) is 0.385. The molecule has 1 aliphatic carbocycles. The minimum Gasteiger partial charge on any atom is -0.334 e. The van der Waals surface area contributed by atoms with Gasteiger partial charge in [-0.2, -0.15) is 4.98 Å². The molecule has 0 atom stereocenters. The van der Waals surface area contributed by atoms with Gasteiger partial charge in [0.25, 0.3) is 5.89 Å². The second-order valence-electron chi connectivity index (χ2n) is 4.30. The fourth-order valence-electron chi connectivity index (χ4n) is 1.60. The van der Waals surface area contributed by atoms with E-state index < -0.39 is 5.82 Å². The standard InChI is InChI=1S/C12H11ClFN3O/c13-9-4-1-7(5-10(9)14)12-16-11(17-18-12)6-15-8-2-3-8/h1,4-5,8,15H,2-3,6H2. The lowest BCUT2D eigenvalue weighted by Crippen LogP contribution is -2.16. The fraction of sp³-hybridized carbons (Fsp3) is 0.333. The Kier molecular flexibility index (Phi) is 3.01. The van der Waals surface area contributed by atoms with Crippen LogP contribution in [0.2, 0.25) is 5.02 Å². The van der Waals surface area contributed by atoms with Crippen molar-refractivity contribution in [3.63, 3.8) is 0 Å². The molecule has 1 N–H and O–H groups in total. The summed E-state index contributed by atoms with van der Waals surface area (Å²) >= 11 is 5.61. The summed E-state index contributed by atoms with van der Waals surface area (Å²) in [6.45, 7) is 0.574. The first-order valence-electron chi connectivity index (χ1n) is 5.74. The van der Waals surface area contributed by atoms with Crippen molar-refractivity contribution in [2.45, 2.75) is 25.4 Å². The third kappa shape index (κ3) is 2.52. The number of hydrogen-bond acceptors (Lipinski definition) is 4. The minimum absolute atomic E-state index is 0.0777. The van der Waals surface area contributed by atoms with E-state index in [0.717, 1.165) is 0 Å². The molecular weight excluding hydrogens is 257 g/mol. The molecule has 6 heteroatoms. The molecule has 0 saturated heterocycles. The molecule has 4 nitrogen and oxygen atoms in total. The SMILES string of the molecule is Fc1cc(-c2nc(CNC3CC3)no2)ccc1Cl. The quantitative estimate of drug-likeness (QED) is 0.925. The van der Waals surface area contributed by atoms with E-state index in [-0.39, 0.29) is 5.02 Å². The van der Waals surface area contributed by atoms with Crippen molar-refractivity contribution in [3.8, 4) is 11.5 Å². The molecule has 1 fully saturated rings. The Labute approximate surface area is 108 Å². The molecule has 94 valence electrons. The maximum absolute atomic E-state index is 13.3. The van der Waals surface area contributed by atoms with Crippen LogP contribution in [0.25, 0.3) is 11.5 Å². The van der Waals surface area contributed by atoms with Crippen LogP contribution in [-0.4, -0.2) is 16.2 Å². The van der Waals surface area contributed by atoms with Gasteiger partial charge in [-0.1, -0.05) is 16.8 Å². The Morgan fingerprint density at radius 2 is 2.28 bits per heavy atom. The van der Waals surface area contributed by atoms with Crippen LogP contribution in [0.5, 0.6) is 0 Å². The van der Waals surface area contributed by atoms with Gasteiger partial charge in [0.15, 0.2) is 5.82 Å². The molecule has 0 unspecified atom stereocenters. The first kappa shape index (κ1) is 11.6. The Balaban J connectivity index is 1.76.